The fraction of sp³-hybridized carbons (Fsp3) is 0.263. The third-order valence-corrected chi connectivity index (χ3v) is 7.01. The molecule has 2 aromatic carbocycles. The molecule has 0 atom stereocenters. The maximum absolute atomic E-state index is 12.1. The first-order valence-electron chi connectivity index (χ1n) is 8.13. The summed E-state index contributed by atoms with van der Waals surface area (Å²) in [5, 5.41) is 11.7. The van der Waals surface area contributed by atoms with Crippen LogP contribution in [0.15, 0.2) is 42.5 Å². The number of hydrogen-bond acceptors (Lipinski definition) is 5. The van der Waals surface area contributed by atoms with Gasteiger partial charge in [-0.15, -0.1) is 23.5 Å². The van der Waals surface area contributed by atoms with Crippen molar-refractivity contribution in [3.05, 3.63) is 59.2 Å². The van der Waals surface area contributed by atoms with E-state index in [2.05, 4.69) is 5.32 Å². The maximum Gasteiger partial charge on any atom is 0.335 e. The lowest BCUT2D eigenvalue weighted by Crippen LogP contribution is -2.21. The molecule has 1 saturated heterocycles. The number of benzene rings is 2. The van der Waals surface area contributed by atoms with E-state index < -0.39 is 5.97 Å². The predicted octanol–water partition coefficient (Wildman–Crippen LogP) is 4.19. The van der Waals surface area contributed by atoms with Crippen LogP contribution in [-0.2, 0) is 4.79 Å². The molecule has 5 nitrogen and oxygen atoms in total. The molecule has 1 aliphatic rings. The van der Waals surface area contributed by atoms with Crippen molar-refractivity contribution >= 4 is 41.1 Å². The molecule has 1 amide bonds. The zero-order valence-corrected chi connectivity index (χ0v) is 15.9. The van der Waals surface area contributed by atoms with E-state index in [1.54, 1.807) is 13.0 Å². The van der Waals surface area contributed by atoms with Crippen molar-refractivity contribution in [3.8, 4) is 5.75 Å². The molecule has 1 heterocycles. The van der Waals surface area contributed by atoms with Crippen LogP contribution < -0.4 is 10.1 Å². The Bertz CT molecular complexity index is 802. The summed E-state index contributed by atoms with van der Waals surface area (Å²) in [6.07, 6.45) is 0. The van der Waals surface area contributed by atoms with Gasteiger partial charge in [-0.3, -0.25) is 4.79 Å². The van der Waals surface area contributed by atoms with Gasteiger partial charge >= 0.3 is 5.97 Å². The molecule has 3 rings (SSSR count). The van der Waals surface area contributed by atoms with Crippen LogP contribution in [0.1, 0.15) is 26.1 Å². The van der Waals surface area contributed by atoms with Crippen molar-refractivity contribution in [1.29, 1.82) is 0 Å². The SMILES string of the molecule is Cc1ccc(C(=O)O)cc1NC(=O)COc1ccc(C2SCCS2)cc1. The van der Waals surface area contributed by atoms with Gasteiger partial charge in [0, 0.05) is 17.2 Å². The highest BCUT2D eigenvalue weighted by Crippen LogP contribution is 2.45. The highest BCUT2D eigenvalue weighted by molar-refractivity contribution is 8.19. The summed E-state index contributed by atoms with van der Waals surface area (Å²) < 4.78 is 6.02. The number of aromatic carboxylic acids is 1. The van der Waals surface area contributed by atoms with E-state index in [-0.39, 0.29) is 18.1 Å². The first-order valence-corrected chi connectivity index (χ1v) is 10.2. The Morgan fingerprint density at radius 1 is 1.15 bits per heavy atom. The van der Waals surface area contributed by atoms with Gasteiger partial charge < -0.3 is 15.2 Å². The zero-order chi connectivity index (χ0) is 18.5. The molecule has 7 heteroatoms. The lowest BCUT2D eigenvalue weighted by molar-refractivity contribution is -0.118. The predicted molar refractivity (Wildman–Crippen MR) is 106 cm³/mol. The number of rotatable bonds is 6. The molecular weight excluding hydrogens is 370 g/mol. The van der Waals surface area contributed by atoms with Crippen molar-refractivity contribution in [2.45, 2.75) is 11.5 Å². The molecule has 0 unspecified atom stereocenters. The fourth-order valence-electron chi connectivity index (χ4n) is 2.50. The largest absolute Gasteiger partial charge is 0.484 e. The molecule has 0 aromatic heterocycles. The van der Waals surface area contributed by atoms with Gasteiger partial charge in [0.1, 0.15) is 5.75 Å². The summed E-state index contributed by atoms with van der Waals surface area (Å²) in [6, 6.07) is 12.4. The Morgan fingerprint density at radius 2 is 1.85 bits per heavy atom. The third-order valence-electron chi connectivity index (χ3n) is 3.90. The van der Waals surface area contributed by atoms with E-state index in [1.807, 2.05) is 47.8 Å². The van der Waals surface area contributed by atoms with Gasteiger partial charge in [-0.25, -0.2) is 4.79 Å². The van der Waals surface area contributed by atoms with Crippen molar-refractivity contribution in [1.82, 2.24) is 0 Å². The number of carbonyl (C=O) groups is 2. The third kappa shape index (κ3) is 4.74. The number of thioether (sulfide) groups is 2. The Hall–Kier alpha value is -2.12. The number of anilines is 1. The van der Waals surface area contributed by atoms with Crippen LogP contribution in [0.2, 0.25) is 0 Å². The molecule has 2 N–H and O–H groups in total. The van der Waals surface area contributed by atoms with Crippen molar-refractivity contribution in [2.24, 2.45) is 0 Å². The molecular formula is C19H19NO4S2. The Balaban J connectivity index is 1.55. The van der Waals surface area contributed by atoms with E-state index in [9.17, 15) is 9.59 Å². The Labute approximate surface area is 160 Å². The molecule has 136 valence electrons. The number of nitrogens with one attached hydrogen (secondary N) is 1. The van der Waals surface area contributed by atoms with E-state index in [0.29, 0.717) is 16.0 Å². The second-order valence-electron chi connectivity index (χ2n) is 5.81. The van der Waals surface area contributed by atoms with Crippen molar-refractivity contribution < 1.29 is 19.4 Å². The average Bonchev–Trinajstić information content (AvgIpc) is 3.17. The highest BCUT2D eigenvalue weighted by atomic mass is 32.2. The zero-order valence-electron chi connectivity index (χ0n) is 14.2. The van der Waals surface area contributed by atoms with Crippen LogP contribution in [0.25, 0.3) is 0 Å². The number of hydrogen-bond donors (Lipinski definition) is 2. The van der Waals surface area contributed by atoms with E-state index in [1.165, 1.54) is 29.2 Å². The molecule has 1 fully saturated rings. The van der Waals surface area contributed by atoms with Gasteiger partial charge in [-0.1, -0.05) is 18.2 Å². The lowest BCUT2D eigenvalue weighted by Gasteiger charge is -2.12. The molecule has 0 bridgehead atoms. The van der Waals surface area contributed by atoms with Gasteiger partial charge in [-0.2, -0.15) is 0 Å². The Morgan fingerprint density at radius 3 is 2.50 bits per heavy atom. The number of amides is 1. The number of carbonyl (C=O) groups excluding carboxylic acids is 1. The van der Waals surface area contributed by atoms with Gasteiger partial charge in [0.25, 0.3) is 5.91 Å². The number of carboxylic acid groups (broad SMARTS) is 1. The normalized spacial score (nSPS) is 14.2. The van der Waals surface area contributed by atoms with E-state index in [4.69, 9.17) is 9.84 Å². The summed E-state index contributed by atoms with van der Waals surface area (Å²) in [7, 11) is 0. The quantitative estimate of drug-likeness (QED) is 0.772. The summed E-state index contributed by atoms with van der Waals surface area (Å²) in [4.78, 5) is 23.1. The smallest absolute Gasteiger partial charge is 0.335 e. The topological polar surface area (TPSA) is 75.6 Å². The summed E-state index contributed by atoms with van der Waals surface area (Å²) in [5.74, 6) is 1.62. The first-order chi connectivity index (χ1) is 12.5. The molecule has 0 saturated carbocycles. The number of aryl methyl sites for hydroxylation is 1. The monoisotopic (exact) mass is 389 g/mol. The molecule has 0 aliphatic carbocycles. The van der Waals surface area contributed by atoms with Crippen molar-refractivity contribution in [3.63, 3.8) is 0 Å². The van der Waals surface area contributed by atoms with Gasteiger partial charge in [-0.05, 0) is 42.3 Å². The molecule has 0 spiro atoms. The van der Waals surface area contributed by atoms with Crippen LogP contribution in [0.4, 0.5) is 5.69 Å². The molecule has 1 aliphatic heterocycles. The summed E-state index contributed by atoms with van der Waals surface area (Å²) in [5.41, 5.74) is 2.66. The van der Waals surface area contributed by atoms with Crippen molar-refractivity contribution in [2.75, 3.05) is 23.4 Å². The minimum atomic E-state index is -1.03. The second kappa shape index (κ2) is 8.51. The minimum Gasteiger partial charge on any atom is -0.484 e. The van der Waals surface area contributed by atoms with Crippen LogP contribution in [0.5, 0.6) is 5.75 Å². The average molecular weight is 389 g/mol. The summed E-state index contributed by atoms with van der Waals surface area (Å²) in [6.45, 7) is 1.67. The van der Waals surface area contributed by atoms with Crippen LogP contribution in [0.3, 0.4) is 0 Å². The molecule has 0 radical (unpaired) electrons. The standard InChI is InChI=1S/C19H19NO4S2/c1-12-2-3-14(18(22)23)10-16(12)20-17(21)11-24-15-6-4-13(5-7-15)19-25-8-9-26-19/h2-7,10,19H,8-9,11H2,1H3,(H,20,21)(H,22,23). The number of ether oxygens (including phenoxy) is 1. The lowest BCUT2D eigenvalue weighted by atomic mass is 10.1. The minimum absolute atomic E-state index is 0.130. The fourth-order valence-corrected chi connectivity index (χ4v) is 5.36. The van der Waals surface area contributed by atoms with Crippen LogP contribution in [0, 0.1) is 6.92 Å². The number of carboxylic acids is 1. The second-order valence-corrected chi connectivity index (χ2v) is 8.54. The summed E-state index contributed by atoms with van der Waals surface area (Å²) >= 11 is 3.88. The van der Waals surface area contributed by atoms with E-state index >= 15 is 0 Å². The Kier molecular flexibility index (Phi) is 6.11. The van der Waals surface area contributed by atoms with Gasteiger partial charge in [0.15, 0.2) is 6.61 Å². The first kappa shape index (κ1) is 18.7. The highest BCUT2D eigenvalue weighted by Gasteiger charge is 2.18. The van der Waals surface area contributed by atoms with E-state index in [0.717, 1.165) is 5.56 Å². The van der Waals surface area contributed by atoms with Crippen LogP contribution in [-0.4, -0.2) is 35.1 Å². The van der Waals surface area contributed by atoms with Gasteiger partial charge in [0.05, 0.1) is 10.1 Å². The molecule has 26 heavy (non-hydrogen) atoms. The molecule has 2 aromatic rings. The van der Waals surface area contributed by atoms with Crippen LogP contribution >= 0.6 is 23.5 Å². The maximum atomic E-state index is 12.1. The van der Waals surface area contributed by atoms with Gasteiger partial charge in [0.2, 0.25) is 0 Å².